The van der Waals surface area contributed by atoms with E-state index in [9.17, 15) is 14.0 Å². The molecular formula is C21H20FN3O2. The average Bonchev–Trinajstić information content (AvgIpc) is 3.16. The molecule has 2 atom stereocenters. The summed E-state index contributed by atoms with van der Waals surface area (Å²) in [6, 6.07) is 13.9. The van der Waals surface area contributed by atoms with E-state index >= 15 is 0 Å². The number of piperidine rings is 1. The van der Waals surface area contributed by atoms with Crippen LogP contribution in [0.4, 0.5) is 4.39 Å². The van der Waals surface area contributed by atoms with Crippen molar-refractivity contribution in [3.8, 4) is 0 Å². The molecule has 1 aliphatic heterocycles. The predicted molar refractivity (Wildman–Crippen MR) is 101 cm³/mol. The van der Waals surface area contributed by atoms with Gasteiger partial charge in [-0.05, 0) is 47.6 Å². The fourth-order valence-corrected chi connectivity index (χ4v) is 4.62. The summed E-state index contributed by atoms with van der Waals surface area (Å²) >= 11 is 0. The highest BCUT2D eigenvalue weighted by Crippen LogP contribution is 2.58. The Bertz CT molecular complexity index is 1110. The van der Waals surface area contributed by atoms with Gasteiger partial charge in [-0.15, -0.1) is 0 Å². The van der Waals surface area contributed by atoms with Gasteiger partial charge in [0.15, 0.2) is 0 Å². The van der Waals surface area contributed by atoms with Gasteiger partial charge in [-0.3, -0.25) is 9.36 Å². The van der Waals surface area contributed by atoms with Crippen molar-refractivity contribution in [1.29, 1.82) is 0 Å². The summed E-state index contributed by atoms with van der Waals surface area (Å²) in [7, 11) is 0. The van der Waals surface area contributed by atoms with E-state index in [4.69, 9.17) is 0 Å². The molecule has 1 saturated heterocycles. The van der Waals surface area contributed by atoms with E-state index in [0.717, 1.165) is 13.1 Å². The lowest BCUT2D eigenvalue weighted by Crippen LogP contribution is -2.39. The Morgan fingerprint density at radius 2 is 1.67 bits per heavy atom. The minimum Gasteiger partial charge on any atom is -0.307 e. The van der Waals surface area contributed by atoms with Crippen molar-refractivity contribution in [2.75, 3.05) is 19.6 Å². The number of likely N-dealkylation sites (tertiary alicyclic amines) is 1. The van der Waals surface area contributed by atoms with Crippen molar-refractivity contribution in [2.45, 2.75) is 12.5 Å². The zero-order valence-corrected chi connectivity index (χ0v) is 14.8. The summed E-state index contributed by atoms with van der Waals surface area (Å²) in [6.45, 7) is 3.00. The summed E-state index contributed by atoms with van der Waals surface area (Å²) in [4.78, 5) is 29.9. The molecule has 1 aliphatic carbocycles. The maximum absolute atomic E-state index is 13.1. The van der Waals surface area contributed by atoms with Crippen LogP contribution in [0, 0.1) is 17.7 Å². The molecule has 0 amide bonds. The Kier molecular flexibility index (Phi) is 3.75. The summed E-state index contributed by atoms with van der Waals surface area (Å²) < 4.78 is 14.4. The normalized spacial score (nSPS) is 24.3. The molecule has 2 aliphatic rings. The lowest BCUT2D eigenvalue weighted by atomic mass is 10.1. The number of hydrogen-bond acceptors (Lipinski definition) is 3. The Hall–Kier alpha value is -2.73. The van der Waals surface area contributed by atoms with Crippen molar-refractivity contribution >= 4 is 10.9 Å². The quantitative estimate of drug-likeness (QED) is 0.771. The molecule has 2 fully saturated rings. The van der Waals surface area contributed by atoms with Crippen molar-refractivity contribution in [3.05, 3.63) is 80.7 Å². The van der Waals surface area contributed by atoms with Crippen LogP contribution >= 0.6 is 0 Å². The van der Waals surface area contributed by atoms with Gasteiger partial charge >= 0.3 is 5.69 Å². The molecule has 6 heteroatoms. The number of aromatic nitrogens is 2. The topological polar surface area (TPSA) is 58.1 Å². The smallest absolute Gasteiger partial charge is 0.307 e. The molecule has 27 heavy (non-hydrogen) atoms. The maximum Gasteiger partial charge on any atom is 0.328 e. The Morgan fingerprint density at radius 1 is 0.963 bits per heavy atom. The van der Waals surface area contributed by atoms with Crippen LogP contribution in [0.1, 0.15) is 11.5 Å². The van der Waals surface area contributed by atoms with Gasteiger partial charge < -0.3 is 9.88 Å². The van der Waals surface area contributed by atoms with Gasteiger partial charge in [-0.25, -0.2) is 9.18 Å². The fraction of sp³-hybridized carbons (Fsp3) is 0.333. The van der Waals surface area contributed by atoms with Gasteiger partial charge in [-0.2, -0.15) is 0 Å². The van der Waals surface area contributed by atoms with E-state index < -0.39 is 0 Å². The van der Waals surface area contributed by atoms with E-state index in [1.54, 1.807) is 24.3 Å². The number of rotatable bonds is 4. The van der Waals surface area contributed by atoms with E-state index in [1.165, 1.54) is 22.3 Å². The molecule has 1 saturated carbocycles. The summed E-state index contributed by atoms with van der Waals surface area (Å²) in [5.41, 5.74) is 1.21. The van der Waals surface area contributed by atoms with Crippen LogP contribution in [-0.2, 0) is 6.54 Å². The molecule has 1 N–H and O–H groups in total. The third kappa shape index (κ3) is 2.80. The van der Waals surface area contributed by atoms with Crippen LogP contribution in [0.15, 0.2) is 58.1 Å². The number of H-pyrrole nitrogens is 1. The summed E-state index contributed by atoms with van der Waals surface area (Å²) in [5.74, 6) is 1.52. The first kappa shape index (κ1) is 16.4. The molecule has 5 rings (SSSR count). The first-order valence-electron chi connectivity index (χ1n) is 9.31. The van der Waals surface area contributed by atoms with E-state index in [-0.39, 0.29) is 17.1 Å². The Morgan fingerprint density at radius 3 is 2.41 bits per heavy atom. The van der Waals surface area contributed by atoms with Crippen molar-refractivity contribution in [2.24, 2.45) is 11.8 Å². The minimum absolute atomic E-state index is 0.197. The first-order valence-corrected chi connectivity index (χ1v) is 9.31. The SMILES string of the molecule is O=c1[nH]c2ccccc2c(=O)n1CCN1CC2C(C1)C2c1ccc(F)cc1. The fourth-order valence-electron chi connectivity index (χ4n) is 4.62. The number of hydrogen-bond donors (Lipinski definition) is 1. The van der Waals surface area contributed by atoms with Crippen LogP contribution in [0.2, 0.25) is 0 Å². The predicted octanol–water partition coefficient (Wildman–Crippen LogP) is 2.17. The van der Waals surface area contributed by atoms with Gasteiger partial charge in [0.25, 0.3) is 5.56 Å². The summed E-state index contributed by atoms with van der Waals surface area (Å²) in [6.07, 6.45) is 0. The summed E-state index contributed by atoms with van der Waals surface area (Å²) in [5, 5.41) is 0.540. The highest BCUT2D eigenvalue weighted by atomic mass is 19.1. The Labute approximate surface area is 155 Å². The zero-order valence-electron chi connectivity index (χ0n) is 14.8. The van der Waals surface area contributed by atoms with Crippen molar-refractivity contribution < 1.29 is 4.39 Å². The zero-order chi connectivity index (χ0) is 18.5. The third-order valence-electron chi connectivity index (χ3n) is 6.05. The van der Waals surface area contributed by atoms with E-state index in [1.807, 2.05) is 12.1 Å². The molecule has 0 bridgehead atoms. The van der Waals surface area contributed by atoms with Gasteiger partial charge in [0.2, 0.25) is 0 Å². The number of benzene rings is 2. The molecule has 138 valence electrons. The number of fused-ring (bicyclic) bond motifs is 2. The van der Waals surface area contributed by atoms with Crippen LogP contribution in [0.25, 0.3) is 10.9 Å². The second kappa shape index (κ2) is 6.16. The standard InChI is InChI=1S/C21H20FN3O2/c22-14-7-5-13(6-8-14)19-16-11-24(12-17(16)19)9-10-25-20(26)15-3-1-2-4-18(15)23-21(25)27/h1-8,16-17,19H,9-12H2,(H,23,27). The number of nitrogens with zero attached hydrogens (tertiary/aromatic N) is 2. The largest absolute Gasteiger partial charge is 0.328 e. The average molecular weight is 365 g/mol. The molecule has 0 radical (unpaired) electrons. The van der Waals surface area contributed by atoms with Crippen LogP contribution < -0.4 is 11.2 Å². The number of nitrogens with one attached hydrogen (secondary N) is 1. The first-order chi connectivity index (χ1) is 13.1. The molecule has 2 unspecified atom stereocenters. The van der Waals surface area contributed by atoms with E-state index in [2.05, 4.69) is 9.88 Å². The molecule has 2 aromatic carbocycles. The van der Waals surface area contributed by atoms with Gasteiger partial charge in [-0.1, -0.05) is 24.3 Å². The molecule has 1 aromatic heterocycles. The van der Waals surface area contributed by atoms with Crippen LogP contribution in [0.3, 0.4) is 0 Å². The van der Waals surface area contributed by atoms with E-state index in [0.29, 0.717) is 41.7 Å². The minimum atomic E-state index is -0.354. The van der Waals surface area contributed by atoms with Gasteiger partial charge in [0, 0.05) is 26.2 Å². The van der Waals surface area contributed by atoms with Gasteiger partial charge in [0.05, 0.1) is 10.9 Å². The second-order valence-corrected chi connectivity index (χ2v) is 7.60. The lowest BCUT2D eigenvalue weighted by Gasteiger charge is -2.19. The highest BCUT2D eigenvalue weighted by Gasteiger charge is 2.55. The van der Waals surface area contributed by atoms with Crippen molar-refractivity contribution in [1.82, 2.24) is 14.5 Å². The third-order valence-corrected chi connectivity index (χ3v) is 6.05. The number of halogens is 1. The van der Waals surface area contributed by atoms with Crippen molar-refractivity contribution in [3.63, 3.8) is 0 Å². The molecule has 2 heterocycles. The molecule has 0 spiro atoms. The molecule has 5 nitrogen and oxygen atoms in total. The Balaban J connectivity index is 1.26. The lowest BCUT2D eigenvalue weighted by molar-refractivity contribution is 0.282. The monoisotopic (exact) mass is 365 g/mol. The number of para-hydroxylation sites is 1. The van der Waals surface area contributed by atoms with Crippen LogP contribution in [-0.4, -0.2) is 34.1 Å². The highest BCUT2D eigenvalue weighted by molar-refractivity contribution is 5.76. The van der Waals surface area contributed by atoms with Gasteiger partial charge in [0.1, 0.15) is 5.82 Å². The second-order valence-electron chi connectivity index (χ2n) is 7.60. The molecule has 3 aromatic rings. The van der Waals surface area contributed by atoms with Crippen LogP contribution in [0.5, 0.6) is 0 Å². The number of aromatic amines is 1. The molecular weight excluding hydrogens is 345 g/mol. The maximum atomic E-state index is 13.1.